The maximum absolute atomic E-state index is 12.6. The highest BCUT2D eigenvalue weighted by Gasteiger charge is 2.27. The molecule has 0 bridgehead atoms. The van der Waals surface area contributed by atoms with Crippen molar-refractivity contribution in [3.63, 3.8) is 0 Å². The van der Waals surface area contributed by atoms with Gasteiger partial charge in [-0.25, -0.2) is 4.98 Å². The van der Waals surface area contributed by atoms with Crippen LogP contribution in [0.3, 0.4) is 0 Å². The quantitative estimate of drug-likeness (QED) is 0.566. The van der Waals surface area contributed by atoms with E-state index in [9.17, 15) is 9.59 Å². The molecule has 0 unspecified atom stereocenters. The van der Waals surface area contributed by atoms with Crippen molar-refractivity contribution in [2.75, 3.05) is 7.11 Å². The highest BCUT2D eigenvalue weighted by Crippen LogP contribution is 2.24. The van der Waals surface area contributed by atoms with Crippen LogP contribution in [0.1, 0.15) is 36.4 Å². The fourth-order valence-corrected chi connectivity index (χ4v) is 3.22. The molecule has 2 aromatic carbocycles. The molecule has 0 saturated carbocycles. The smallest absolute Gasteiger partial charge is 0.310 e. The predicted octanol–water partition coefficient (Wildman–Crippen LogP) is 4.25. The Morgan fingerprint density at radius 3 is 2.47 bits per heavy atom. The van der Waals surface area contributed by atoms with E-state index in [1.54, 1.807) is 13.1 Å². The number of nitrogens with zero attached hydrogens (tertiary/aromatic N) is 1. The zero-order chi connectivity index (χ0) is 21.5. The zero-order valence-electron chi connectivity index (χ0n) is 17.4. The molecule has 3 rings (SSSR count). The number of esters is 1. The van der Waals surface area contributed by atoms with Crippen molar-refractivity contribution < 1.29 is 18.7 Å². The fraction of sp³-hybridized carbons (Fsp3) is 0.292. The molecule has 0 radical (unpaired) electrons. The summed E-state index contributed by atoms with van der Waals surface area (Å²) in [5.74, 6) is 0.0930. The van der Waals surface area contributed by atoms with Crippen molar-refractivity contribution in [1.29, 1.82) is 0 Å². The summed E-state index contributed by atoms with van der Waals surface area (Å²) in [6.45, 7) is 3.77. The highest BCUT2D eigenvalue weighted by molar-refractivity contribution is 5.79. The van der Waals surface area contributed by atoms with E-state index < -0.39 is 12.0 Å². The lowest BCUT2D eigenvalue weighted by Gasteiger charge is -2.24. The Kier molecular flexibility index (Phi) is 7.01. The van der Waals surface area contributed by atoms with E-state index in [0.717, 1.165) is 11.1 Å². The lowest BCUT2D eigenvalue weighted by Crippen LogP contribution is -2.36. The van der Waals surface area contributed by atoms with Crippen molar-refractivity contribution in [2.45, 2.75) is 32.7 Å². The van der Waals surface area contributed by atoms with Crippen LogP contribution in [-0.4, -0.2) is 24.0 Å². The second-order valence-electron chi connectivity index (χ2n) is 7.25. The molecule has 0 aliphatic carbocycles. The summed E-state index contributed by atoms with van der Waals surface area (Å²) in [6, 6.07) is 16.9. The molecular weight excluding hydrogens is 380 g/mol. The number of carbonyl (C=O) groups is 2. The minimum absolute atomic E-state index is 0.185. The van der Waals surface area contributed by atoms with Crippen LogP contribution in [0.2, 0.25) is 0 Å². The molecule has 30 heavy (non-hydrogen) atoms. The van der Waals surface area contributed by atoms with Gasteiger partial charge in [-0.2, -0.15) is 0 Å². The summed E-state index contributed by atoms with van der Waals surface area (Å²) < 4.78 is 10.6. The van der Waals surface area contributed by atoms with Crippen LogP contribution in [0.25, 0.3) is 11.3 Å². The molecule has 1 N–H and O–H groups in total. The van der Waals surface area contributed by atoms with Gasteiger partial charge in [-0.15, -0.1) is 0 Å². The van der Waals surface area contributed by atoms with E-state index in [2.05, 4.69) is 10.3 Å². The summed E-state index contributed by atoms with van der Waals surface area (Å²) in [5.41, 5.74) is 2.96. The van der Waals surface area contributed by atoms with Crippen LogP contribution in [0.15, 0.2) is 65.2 Å². The average Bonchev–Trinajstić information content (AvgIpc) is 3.25. The number of methoxy groups -OCH3 is 1. The van der Waals surface area contributed by atoms with Crippen molar-refractivity contribution in [3.05, 3.63) is 77.8 Å². The molecular formula is C24H26N2O4. The first-order valence-electron chi connectivity index (χ1n) is 9.92. The van der Waals surface area contributed by atoms with Gasteiger partial charge in [0, 0.05) is 18.4 Å². The van der Waals surface area contributed by atoms with Crippen LogP contribution < -0.4 is 5.32 Å². The fourth-order valence-electron chi connectivity index (χ4n) is 3.22. The SMILES string of the molecule is COC(=O)[C@H](C)[C@H](NC(=O)CCc1ncc(-c2ccc(C)cc2)o1)c1ccccc1. The molecule has 1 amide bonds. The van der Waals surface area contributed by atoms with E-state index >= 15 is 0 Å². The van der Waals surface area contributed by atoms with Crippen molar-refractivity contribution in [3.8, 4) is 11.3 Å². The van der Waals surface area contributed by atoms with Crippen LogP contribution in [-0.2, 0) is 20.7 Å². The minimum Gasteiger partial charge on any atom is -0.469 e. The van der Waals surface area contributed by atoms with Gasteiger partial charge in [0.2, 0.25) is 5.91 Å². The minimum atomic E-state index is -0.517. The van der Waals surface area contributed by atoms with Crippen LogP contribution in [0, 0.1) is 12.8 Å². The first kappa shape index (κ1) is 21.3. The topological polar surface area (TPSA) is 81.4 Å². The van der Waals surface area contributed by atoms with Crippen LogP contribution in [0.4, 0.5) is 0 Å². The molecule has 2 atom stereocenters. The third kappa shape index (κ3) is 5.35. The normalized spacial score (nSPS) is 12.8. The van der Waals surface area contributed by atoms with Crippen molar-refractivity contribution >= 4 is 11.9 Å². The molecule has 0 saturated heterocycles. The lowest BCUT2D eigenvalue weighted by molar-refractivity contribution is -0.146. The molecule has 0 spiro atoms. The summed E-state index contributed by atoms with van der Waals surface area (Å²) in [4.78, 5) is 28.9. The van der Waals surface area contributed by atoms with Gasteiger partial charge in [-0.1, -0.05) is 60.2 Å². The number of carbonyl (C=O) groups excluding carboxylic acids is 2. The molecule has 1 aromatic heterocycles. The first-order valence-corrected chi connectivity index (χ1v) is 9.92. The van der Waals surface area contributed by atoms with Crippen LogP contribution in [0.5, 0.6) is 0 Å². The van der Waals surface area contributed by atoms with Gasteiger partial charge in [-0.3, -0.25) is 9.59 Å². The van der Waals surface area contributed by atoms with Crippen LogP contribution >= 0.6 is 0 Å². The Labute approximate surface area is 176 Å². The average molecular weight is 406 g/mol. The third-order valence-electron chi connectivity index (χ3n) is 5.00. The Morgan fingerprint density at radius 2 is 1.80 bits per heavy atom. The number of nitrogens with one attached hydrogen (secondary N) is 1. The number of amides is 1. The zero-order valence-corrected chi connectivity index (χ0v) is 17.4. The van der Waals surface area contributed by atoms with E-state index in [0.29, 0.717) is 18.1 Å². The number of aryl methyl sites for hydroxylation is 2. The number of benzene rings is 2. The highest BCUT2D eigenvalue weighted by atomic mass is 16.5. The molecule has 0 fully saturated rings. The Balaban J connectivity index is 1.63. The van der Waals surface area contributed by atoms with E-state index in [4.69, 9.17) is 9.15 Å². The van der Waals surface area contributed by atoms with Gasteiger partial charge in [0.05, 0.1) is 25.3 Å². The van der Waals surface area contributed by atoms with Gasteiger partial charge >= 0.3 is 5.97 Å². The molecule has 0 aliphatic heterocycles. The maximum Gasteiger partial charge on any atom is 0.310 e. The first-order chi connectivity index (χ1) is 14.5. The standard InChI is InChI=1S/C24H26N2O4/c1-16-9-11-18(12-10-16)20-15-25-22(30-20)14-13-21(27)26-23(17(2)24(28)29-3)19-7-5-4-6-8-19/h4-12,15,17,23H,13-14H2,1-3H3,(H,26,27)/t17-,23+/m1/s1. The number of aromatic nitrogens is 1. The monoisotopic (exact) mass is 406 g/mol. The summed E-state index contributed by atoms with van der Waals surface area (Å²) in [5, 5.41) is 2.95. The number of ether oxygens (including phenoxy) is 1. The molecule has 3 aromatic rings. The number of hydrogen-bond acceptors (Lipinski definition) is 5. The van der Waals surface area contributed by atoms with Crippen molar-refractivity contribution in [2.24, 2.45) is 5.92 Å². The second kappa shape index (κ2) is 9.87. The van der Waals surface area contributed by atoms with Gasteiger partial charge < -0.3 is 14.5 Å². The van der Waals surface area contributed by atoms with Gasteiger partial charge in [-0.05, 0) is 19.4 Å². The Bertz CT molecular complexity index is 980. The molecule has 6 heteroatoms. The number of oxazole rings is 1. The number of rotatable bonds is 8. The van der Waals surface area contributed by atoms with Gasteiger partial charge in [0.25, 0.3) is 0 Å². The summed E-state index contributed by atoms with van der Waals surface area (Å²) in [7, 11) is 1.34. The Hall–Kier alpha value is -3.41. The molecule has 1 heterocycles. The molecule has 156 valence electrons. The van der Waals surface area contributed by atoms with Gasteiger partial charge in [0.1, 0.15) is 0 Å². The third-order valence-corrected chi connectivity index (χ3v) is 5.00. The van der Waals surface area contributed by atoms with E-state index in [1.807, 2.05) is 61.5 Å². The summed E-state index contributed by atoms with van der Waals surface area (Å²) in [6.07, 6.45) is 2.24. The molecule has 6 nitrogen and oxygen atoms in total. The lowest BCUT2D eigenvalue weighted by atomic mass is 9.94. The Morgan fingerprint density at radius 1 is 1.10 bits per heavy atom. The second-order valence-corrected chi connectivity index (χ2v) is 7.25. The maximum atomic E-state index is 12.6. The van der Waals surface area contributed by atoms with Crippen molar-refractivity contribution in [1.82, 2.24) is 10.3 Å². The summed E-state index contributed by atoms with van der Waals surface area (Å²) >= 11 is 0. The largest absolute Gasteiger partial charge is 0.469 e. The number of hydrogen-bond donors (Lipinski definition) is 1. The molecule has 0 aliphatic rings. The predicted molar refractivity (Wildman–Crippen MR) is 114 cm³/mol. The van der Waals surface area contributed by atoms with Gasteiger partial charge in [0.15, 0.2) is 11.7 Å². The van der Waals surface area contributed by atoms with E-state index in [1.165, 1.54) is 12.7 Å². The van der Waals surface area contributed by atoms with E-state index in [-0.39, 0.29) is 18.3 Å².